The number of hydrogen-bond donors (Lipinski definition) is 1. The minimum atomic E-state index is -0.304. The maximum Gasteiger partial charge on any atom is 0.160 e. The number of amidine groups is 2. The lowest BCUT2D eigenvalue weighted by atomic mass is 10.00. The van der Waals surface area contributed by atoms with E-state index in [1.165, 1.54) is 47.5 Å². The van der Waals surface area contributed by atoms with Crippen LogP contribution in [0.1, 0.15) is 22.9 Å². The molecule has 0 fully saturated rings. The van der Waals surface area contributed by atoms with E-state index in [1.807, 2.05) is 6.07 Å². The summed E-state index contributed by atoms with van der Waals surface area (Å²) >= 11 is 1.81. The minimum absolute atomic E-state index is 0.304. The fraction of sp³-hybridized carbons (Fsp3) is 0.0196. The molecule has 0 bridgehead atoms. The van der Waals surface area contributed by atoms with Gasteiger partial charge in [0, 0.05) is 58.5 Å². The average molecular weight is 749 g/mol. The molecular weight excluding hydrogens is 717 g/mol. The van der Waals surface area contributed by atoms with E-state index in [1.54, 1.807) is 11.3 Å². The molecule has 1 aliphatic heterocycles. The Hall–Kier alpha value is -7.28. The van der Waals surface area contributed by atoms with Crippen molar-refractivity contribution in [2.75, 3.05) is 0 Å². The quantitative estimate of drug-likeness (QED) is 0.191. The Kier molecular flexibility index (Phi) is 7.09. The molecule has 3 aromatic heterocycles. The monoisotopic (exact) mass is 748 g/mol. The maximum absolute atomic E-state index is 6.56. The van der Waals surface area contributed by atoms with E-state index < -0.39 is 0 Å². The summed E-state index contributed by atoms with van der Waals surface area (Å²) in [6.45, 7) is 0. The van der Waals surface area contributed by atoms with Gasteiger partial charge in [-0.25, -0.2) is 9.98 Å². The minimum Gasteiger partial charge on any atom is -0.456 e. The zero-order chi connectivity index (χ0) is 37.5. The van der Waals surface area contributed by atoms with E-state index in [9.17, 15) is 0 Å². The predicted octanol–water partition coefficient (Wildman–Crippen LogP) is 13.2. The number of thiophene rings is 1. The standard InChI is InChI=1S/C51H32N4OS/c1-3-12-31(13-4-1)49-52-50(54-51(53-49)39-18-11-21-47-48(39)38-17-8-10-20-46(38)57-47)34-22-25-37-41-29-33(24-27-44(41)56-45(37)30-34)32-23-26-43-40(28-32)36-16-7-9-19-42(36)55(43)35-14-5-2-6-15-35/h1-30,49H,(H,52,53,54). The molecule has 0 saturated heterocycles. The van der Waals surface area contributed by atoms with Crippen molar-refractivity contribution in [2.24, 2.45) is 9.98 Å². The molecule has 0 amide bonds. The molecule has 8 aromatic carbocycles. The van der Waals surface area contributed by atoms with Crippen LogP contribution in [0.3, 0.4) is 0 Å². The Morgan fingerprint density at radius 2 is 1.21 bits per heavy atom. The second kappa shape index (κ2) is 12.6. The number of nitrogens with zero attached hydrogens (tertiary/aromatic N) is 3. The molecule has 5 nitrogen and oxygen atoms in total. The Balaban J connectivity index is 0.957. The predicted molar refractivity (Wildman–Crippen MR) is 238 cm³/mol. The molecule has 268 valence electrons. The molecule has 1 N–H and O–H groups in total. The van der Waals surface area contributed by atoms with Gasteiger partial charge >= 0.3 is 0 Å². The van der Waals surface area contributed by atoms with Crippen LogP contribution in [0, 0.1) is 0 Å². The summed E-state index contributed by atoms with van der Waals surface area (Å²) in [5, 5.41) is 10.7. The molecule has 0 radical (unpaired) electrons. The van der Waals surface area contributed by atoms with E-state index in [2.05, 4.69) is 186 Å². The van der Waals surface area contributed by atoms with Crippen LogP contribution in [-0.4, -0.2) is 16.2 Å². The summed E-state index contributed by atoms with van der Waals surface area (Å²) in [6.07, 6.45) is -0.304. The maximum atomic E-state index is 6.56. The zero-order valence-corrected chi connectivity index (χ0v) is 31.4. The van der Waals surface area contributed by atoms with Gasteiger partial charge in [-0.3, -0.25) is 0 Å². The molecule has 4 heterocycles. The first-order valence-corrected chi connectivity index (χ1v) is 20.0. The van der Waals surface area contributed by atoms with Crippen LogP contribution in [0.25, 0.3) is 80.7 Å². The number of fused-ring (bicyclic) bond motifs is 9. The number of furan rings is 1. The second-order valence-electron chi connectivity index (χ2n) is 14.6. The van der Waals surface area contributed by atoms with Crippen LogP contribution in [0.5, 0.6) is 0 Å². The first-order valence-electron chi connectivity index (χ1n) is 19.2. The fourth-order valence-electron chi connectivity index (χ4n) is 8.59. The molecular formula is C51H32N4OS. The summed E-state index contributed by atoms with van der Waals surface area (Å²) in [5.41, 5.74) is 10.6. The largest absolute Gasteiger partial charge is 0.456 e. The summed E-state index contributed by atoms with van der Waals surface area (Å²) in [7, 11) is 0. The molecule has 1 aliphatic rings. The van der Waals surface area contributed by atoms with Gasteiger partial charge in [0.1, 0.15) is 23.2 Å². The highest BCUT2D eigenvalue weighted by atomic mass is 32.1. The number of rotatable bonds is 5. The van der Waals surface area contributed by atoms with Gasteiger partial charge in [-0.15, -0.1) is 11.3 Å². The van der Waals surface area contributed by atoms with E-state index in [0.717, 1.165) is 55.7 Å². The van der Waals surface area contributed by atoms with Gasteiger partial charge < -0.3 is 14.3 Å². The number of hydrogen-bond acceptors (Lipinski definition) is 5. The van der Waals surface area contributed by atoms with E-state index in [4.69, 9.17) is 14.4 Å². The van der Waals surface area contributed by atoms with Gasteiger partial charge in [-0.2, -0.15) is 0 Å². The summed E-state index contributed by atoms with van der Waals surface area (Å²) in [5.74, 6) is 1.47. The molecule has 1 unspecified atom stereocenters. The number of aliphatic imine (C=N–C) groups is 2. The highest BCUT2D eigenvalue weighted by Crippen LogP contribution is 2.39. The number of nitrogens with one attached hydrogen (secondary N) is 1. The van der Waals surface area contributed by atoms with Gasteiger partial charge in [-0.05, 0) is 83.4 Å². The lowest BCUT2D eigenvalue weighted by molar-refractivity contribution is 0.666. The SMILES string of the molecule is c1ccc(C2N=C(c3cccc4sc5ccccc5c34)N=C(c3ccc4c(c3)oc3ccc(-c5ccc6c(c5)c5ccccc5n6-c5ccccc5)cc34)N2)cc1. The van der Waals surface area contributed by atoms with Crippen LogP contribution in [0.4, 0.5) is 0 Å². The average Bonchev–Trinajstić information content (AvgIpc) is 3.95. The Bertz CT molecular complexity index is 3450. The molecule has 12 rings (SSSR count). The first-order chi connectivity index (χ1) is 28.2. The third-order valence-electron chi connectivity index (χ3n) is 11.3. The lowest BCUT2D eigenvalue weighted by Crippen LogP contribution is -2.33. The van der Waals surface area contributed by atoms with Crippen molar-refractivity contribution in [2.45, 2.75) is 6.17 Å². The third kappa shape index (κ3) is 5.15. The van der Waals surface area contributed by atoms with Gasteiger partial charge in [-0.1, -0.05) is 115 Å². The van der Waals surface area contributed by atoms with Crippen molar-refractivity contribution >= 4 is 86.9 Å². The van der Waals surface area contributed by atoms with E-state index >= 15 is 0 Å². The molecule has 57 heavy (non-hydrogen) atoms. The highest BCUT2D eigenvalue weighted by Gasteiger charge is 2.24. The van der Waals surface area contributed by atoms with E-state index in [0.29, 0.717) is 5.84 Å². The second-order valence-corrected chi connectivity index (χ2v) is 15.7. The first kappa shape index (κ1) is 32.0. The molecule has 0 saturated carbocycles. The third-order valence-corrected chi connectivity index (χ3v) is 12.4. The number of benzene rings is 8. The van der Waals surface area contributed by atoms with Crippen molar-refractivity contribution in [1.29, 1.82) is 0 Å². The van der Waals surface area contributed by atoms with Crippen LogP contribution in [0.15, 0.2) is 196 Å². The number of para-hydroxylation sites is 2. The summed E-state index contributed by atoms with van der Waals surface area (Å²) in [4.78, 5) is 10.5. The van der Waals surface area contributed by atoms with E-state index in [-0.39, 0.29) is 6.17 Å². The van der Waals surface area contributed by atoms with Gasteiger partial charge in [0.25, 0.3) is 0 Å². The van der Waals surface area contributed by atoms with Crippen LogP contribution in [-0.2, 0) is 0 Å². The van der Waals surface area contributed by atoms with Crippen LogP contribution < -0.4 is 5.32 Å². The summed E-state index contributed by atoms with van der Waals surface area (Å²) in [6, 6.07) is 64.4. The number of aromatic nitrogens is 1. The van der Waals surface area contributed by atoms with Crippen molar-refractivity contribution in [3.05, 3.63) is 199 Å². The fourth-order valence-corrected chi connectivity index (χ4v) is 9.73. The Morgan fingerprint density at radius 3 is 2.09 bits per heavy atom. The normalized spacial score (nSPS) is 14.5. The molecule has 1 atom stereocenters. The Morgan fingerprint density at radius 1 is 0.509 bits per heavy atom. The van der Waals surface area contributed by atoms with Crippen LogP contribution in [0.2, 0.25) is 0 Å². The van der Waals surface area contributed by atoms with Crippen molar-refractivity contribution < 1.29 is 4.42 Å². The lowest BCUT2D eigenvalue weighted by Gasteiger charge is -2.24. The van der Waals surface area contributed by atoms with Crippen LogP contribution >= 0.6 is 11.3 Å². The Labute approximate surface area is 331 Å². The van der Waals surface area contributed by atoms with Gasteiger partial charge in [0.05, 0.1) is 11.0 Å². The highest BCUT2D eigenvalue weighted by molar-refractivity contribution is 7.25. The molecule has 0 spiro atoms. The summed E-state index contributed by atoms with van der Waals surface area (Å²) < 4.78 is 11.4. The topological polar surface area (TPSA) is 54.8 Å². The van der Waals surface area contributed by atoms with Crippen molar-refractivity contribution in [3.8, 4) is 16.8 Å². The molecule has 11 aromatic rings. The van der Waals surface area contributed by atoms with Crippen molar-refractivity contribution in [3.63, 3.8) is 0 Å². The molecule has 0 aliphatic carbocycles. The van der Waals surface area contributed by atoms with Gasteiger partial charge in [0.2, 0.25) is 0 Å². The van der Waals surface area contributed by atoms with Crippen molar-refractivity contribution in [1.82, 2.24) is 9.88 Å². The van der Waals surface area contributed by atoms with Gasteiger partial charge in [0.15, 0.2) is 5.84 Å². The smallest absolute Gasteiger partial charge is 0.160 e. The zero-order valence-electron chi connectivity index (χ0n) is 30.6. The molecule has 6 heteroatoms.